The molecule has 0 spiro atoms. The van der Waals surface area contributed by atoms with Crippen molar-refractivity contribution in [3.8, 4) is 0 Å². The minimum Gasteiger partial charge on any atom is -0.314 e. The van der Waals surface area contributed by atoms with Crippen molar-refractivity contribution in [2.24, 2.45) is 0 Å². The summed E-state index contributed by atoms with van der Waals surface area (Å²) in [5.41, 5.74) is 1.31. The molecule has 4 nitrogen and oxygen atoms in total. The molecular formula is C15H20N4. The van der Waals surface area contributed by atoms with Gasteiger partial charge in [0.2, 0.25) is 0 Å². The zero-order chi connectivity index (χ0) is 13.1. The second-order valence-corrected chi connectivity index (χ2v) is 5.15. The summed E-state index contributed by atoms with van der Waals surface area (Å²) in [6.45, 7) is 4.03. The standard InChI is InChI=1S/C15H20N4/c1-12(13-7-3-2-4-8-13)16-11-15-18-17-14-9-5-6-10-19(14)15/h2-4,7-8,12,16H,5-6,9-11H2,1H3/t12-/m0/s1. The summed E-state index contributed by atoms with van der Waals surface area (Å²) in [5, 5.41) is 12.1. The summed E-state index contributed by atoms with van der Waals surface area (Å²) in [7, 11) is 0. The molecule has 0 saturated carbocycles. The van der Waals surface area contributed by atoms with Crippen LogP contribution in [0.3, 0.4) is 0 Å². The predicted octanol–water partition coefficient (Wildman–Crippen LogP) is 2.47. The van der Waals surface area contributed by atoms with Crippen molar-refractivity contribution in [1.82, 2.24) is 20.1 Å². The second-order valence-electron chi connectivity index (χ2n) is 5.15. The highest BCUT2D eigenvalue weighted by Crippen LogP contribution is 2.16. The molecule has 2 aromatic rings. The zero-order valence-electron chi connectivity index (χ0n) is 11.3. The third-order valence-corrected chi connectivity index (χ3v) is 3.80. The van der Waals surface area contributed by atoms with Crippen LogP contribution in [0, 0.1) is 0 Å². The van der Waals surface area contributed by atoms with E-state index in [1.54, 1.807) is 0 Å². The fourth-order valence-corrected chi connectivity index (χ4v) is 2.60. The van der Waals surface area contributed by atoms with Gasteiger partial charge in [0.05, 0.1) is 6.54 Å². The van der Waals surface area contributed by atoms with Crippen molar-refractivity contribution in [3.63, 3.8) is 0 Å². The molecule has 4 heteroatoms. The number of hydrogen-bond acceptors (Lipinski definition) is 3. The minimum atomic E-state index is 0.331. The molecule has 0 unspecified atom stereocenters. The molecule has 1 aliphatic heterocycles. The predicted molar refractivity (Wildman–Crippen MR) is 74.7 cm³/mol. The van der Waals surface area contributed by atoms with E-state index in [9.17, 15) is 0 Å². The van der Waals surface area contributed by atoms with Gasteiger partial charge in [0.1, 0.15) is 11.6 Å². The summed E-state index contributed by atoms with van der Waals surface area (Å²) in [4.78, 5) is 0. The van der Waals surface area contributed by atoms with E-state index < -0.39 is 0 Å². The van der Waals surface area contributed by atoms with Gasteiger partial charge >= 0.3 is 0 Å². The van der Waals surface area contributed by atoms with Crippen molar-refractivity contribution >= 4 is 0 Å². The average Bonchev–Trinajstić information content (AvgIpc) is 2.89. The van der Waals surface area contributed by atoms with Gasteiger partial charge in [0.25, 0.3) is 0 Å². The molecule has 1 atom stereocenters. The highest BCUT2D eigenvalue weighted by molar-refractivity contribution is 5.18. The van der Waals surface area contributed by atoms with Crippen LogP contribution in [-0.2, 0) is 19.5 Å². The molecule has 1 aromatic carbocycles. The summed E-state index contributed by atoms with van der Waals surface area (Å²) in [6, 6.07) is 10.8. The quantitative estimate of drug-likeness (QED) is 0.913. The van der Waals surface area contributed by atoms with E-state index in [0.717, 1.165) is 31.2 Å². The van der Waals surface area contributed by atoms with Gasteiger partial charge in [0, 0.05) is 19.0 Å². The van der Waals surface area contributed by atoms with E-state index in [4.69, 9.17) is 0 Å². The van der Waals surface area contributed by atoms with Gasteiger partial charge in [-0.25, -0.2) is 0 Å². The fraction of sp³-hybridized carbons (Fsp3) is 0.467. The van der Waals surface area contributed by atoms with Crippen molar-refractivity contribution in [2.75, 3.05) is 0 Å². The Kier molecular flexibility index (Phi) is 3.60. The maximum atomic E-state index is 4.31. The second kappa shape index (κ2) is 5.53. The largest absolute Gasteiger partial charge is 0.314 e. The molecule has 0 aliphatic carbocycles. The number of aryl methyl sites for hydroxylation is 1. The lowest BCUT2D eigenvalue weighted by Crippen LogP contribution is -2.22. The molecule has 1 N–H and O–H groups in total. The van der Waals surface area contributed by atoms with Gasteiger partial charge in [-0.15, -0.1) is 10.2 Å². The SMILES string of the molecule is C[C@H](NCc1nnc2n1CCCC2)c1ccccc1. The molecule has 2 heterocycles. The molecule has 0 bridgehead atoms. The smallest absolute Gasteiger partial charge is 0.147 e. The number of benzene rings is 1. The van der Waals surface area contributed by atoms with Crippen LogP contribution in [0.4, 0.5) is 0 Å². The molecule has 1 aromatic heterocycles. The lowest BCUT2D eigenvalue weighted by atomic mass is 10.1. The van der Waals surface area contributed by atoms with E-state index in [1.807, 2.05) is 6.07 Å². The van der Waals surface area contributed by atoms with E-state index >= 15 is 0 Å². The van der Waals surface area contributed by atoms with Crippen molar-refractivity contribution < 1.29 is 0 Å². The number of fused-ring (bicyclic) bond motifs is 1. The van der Waals surface area contributed by atoms with Crippen LogP contribution in [0.25, 0.3) is 0 Å². The van der Waals surface area contributed by atoms with E-state index in [1.165, 1.54) is 18.4 Å². The average molecular weight is 256 g/mol. The minimum absolute atomic E-state index is 0.331. The third kappa shape index (κ3) is 2.68. The molecule has 3 rings (SSSR count). The Hall–Kier alpha value is -1.68. The van der Waals surface area contributed by atoms with Gasteiger partial charge in [0.15, 0.2) is 0 Å². The molecule has 19 heavy (non-hydrogen) atoms. The maximum Gasteiger partial charge on any atom is 0.147 e. The number of aromatic nitrogens is 3. The van der Waals surface area contributed by atoms with Crippen molar-refractivity contribution in [1.29, 1.82) is 0 Å². The fourth-order valence-electron chi connectivity index (χ4n) is 2.60. The molecule has 0 fully saturated rings. The first kappa shape index (κ1) is 12.4. The lowest BCUT2D eigenvalue weighted by molar-refractivity contribution is 0.484. The first-order valence-electron chi connectivity index (χ1n) is 7.04. The van der Waals surface area contributed by atoms with Crippen molar-refractivity contribution in [3.05, 3.63) is 47.5 Å². The Balaban J connectivity index is 1.65. The maximum absolute atomic E-state index is 4.31. The number of nitrogens with one attached hydrogen (secondary N) is 1. The molecule has 100 valence electrons. The van der Waals surface area contributed by atoms with Crippen LogP contribution in [0.1, 0.15) is 43.0 Å². The van der Waals surface area contributed by atoms with Gasteiger partial charge in [-0.05, 0) is 25.3 Å². The highest BCUT2D eigenvalue weighted by atomic mass is 15.3. The van der Waals surface area contributed by atoms with E-state index in [2.05, 4.69) is 51.3 Å². The van der Waals surface area contributed by atoms with Gasteiger partial charge < -0.3 is 9.88 Å². The third-order valence-electron chi connectivity index (χ3n) is 3.80. The topological polar surface area (TPSA) is 42.7 Å². The summed E-state index contributed by atoms with van der Waals surface area (Å²) >= 11 is 0. The Morgan fingerprint density at radius 2 is 2.05 bits per heavy atom. The summed E-state index contributed by atoms with van der Waals surface area (Å²) < 4.78 is 2.27. The lowest BCUT2D eigenvalue weighted by Gasteiger charge is -2.17. The molecule has 0 amide bonds. The molecule has 1 aliphatic rings. The van der Waals surface area contributed by atoms with Crippen LogP contribution in [0.5, 0.6) is 0 Å². The first-order valence-corrected chi connectivity index (χ1v) is 7.04. The zero-order valence-corrected chi connectivity index (χ0v) is 11.3. The van der Waals surface area contributed by atoms with Crippen LogP contribution in [0.15, 0.2) is 30.3 Å². The normalized spacial score (nSPS) is 16.1. The Bertz CT molecular complexity index is 532. The number of rotatable bonds is 4. The Labute approximate surface area is 113 Å². The van der Waals surface area contributed by atoms with Crippen LogP contribution >= 0.6 is 0 Å². The van der Waals surface area contributed by atoms with Gasteiger partial charge in [-0.2, -0.15) is 0 Å². The summed E-state index contributed by atoms with van der Waals surface area (Å²) in [6.07, 6.45) is 3.56. The molecule has 0 saturated heterocycles. The highest BCUT2D eigenvalue weighted by Gasteiger charge is 2.15. The van der Waals surface area contributed by atoms with Gasteiger partial charge in [-0.3, -0.25) is 0 Å². The summed E-state index contributed by atoms with van der Waals surface area (Å²) in [5.74, 6) is 2.22. The van der Waals surface area contributed by atoms with Crippen LogP contribution in [-0.4, -0.2) is 14.8 Å². The van der Waals surface area contributed by atoms with Crippen LogP contribution < -0.4 is 5.32 Å². The van der Waals surface area contributed by atoms with Gasteiger partial charge in [-0.1, -0.05) is 30.3 Å². The Morgan fingerprint density at radius 1 is 1.21 bits per heavy atom. The monoisotopic (exact) mass is 256 g/mol. The first-order chi connectivity index (χ1) is 9.34. The van der Waals surface area contributed by atoms with E-state index in [-0.39, 0.29) is 0 Å². The number of nitrogens with zero attached hydrogens (tertiary/aromatic N) is 3. The molecular weight excluding hydrogens is 236 g/mol. The Morgan fingerprint density at radius 3 is 2.89 bits per heavy atom. The van der Waals surface area contributed by atoms with E-state index in [0.29, 0.717) is 6.04 Å². The number of hydrogen-bond donors (Lipinski definition) is 1. The van der Waals surface area contributed by atoms with Crippen LogP contribution in [0.2, 0.25) is 0 Å². The molecule has 0 radical (unpaired) electrons. The van der Waals surface area contributed by atoms with Crippen molar-refractivity contribution in [2.45, 2.75) is 45.3 Å².